The first-order chi connectivity index (χ1) is 12.1. The van der Waals surface area contributed by atoms with Gasteiger partial charge in [0.25, 0.3) is 0 Å². The van der Waals surface area contributed by atoms with E-state index in [4.69, 9.17) is 18.6 Å². The van der Waals surface area contributed by atoms with Gasteiger partial charge in [-0.25, -0.2) is 0 Å². The zero-order valence-electron chi connectivity index (χ0n) is 18.5. The van der Waals surface area contributed by atoms with Crippen LogP contribution in [0, 0.1) is 5.92 Å². The molecule has 0 fully saturated rings. The molecule has 0 aromatic carbocycles. The van der Waals surface area contributed by atoms with Crippen molar-refractivity contribution in [3.63, 3.8) is 0 Å². The maximum Gasteiger partial charge on any atom is 0.314 e. The molecule has 0 radical (unpaired) electrons. The quantitative estimate of drug-likeness (QED) is 0.237. The van der Waals surface area contributed by atoms with Crippen molar-refractivity contribution in [1.29, 1.82) is 0 Å². The first kappa shape index (κ1) is 25.8. The van der Waals surface area contributed by atoms with Crippen molar-refractivity contribution >= 4 is 20.3 Å². The highest BCUT2D eigenvalue weighted by Crippen LogP contribution is 2.38. The molecule has 0 saturated heterocycles. The summed E-state index contributed by atoms with van der Waals surface area (Å²) in [5, 5.41) is -0.0675. The van der Waals surface area contributed by atoms with E-state index in [2.05, 4.69) is 40.4 Å². The van der Waals surface area contributed by atoms with Crippen LogP contribution in [0.4, 0.5) is 0 Å². The van der Waals surface area contributed by atoms with Crippen molar-refractivity contribution in [2.24, 2.45) is 5.92 Å². The summed E-state index contributed by atoms with van der Waals surface area (Å²) in [6, 6.07) is 0. The Kier molecular flexibility index (Phi) is 9.93. The first-order valence-corrected chi connectivity index (χ1v) is 12.2. The number of ether oxygens (including phenoxy) is 3. The normalized spacial score (nSPS) is 15.0. The number of carbonyl (C=O) groups is 2. The van der Waals surface area contributed by atoms with Crippen LogP contribution in [0.1, 0.15) is 48.5 Å². The molecule has 0 unspecified atom stereocenters. The molecular weight excluding hydrogens is 364 g/mol. The fraction of sp³-hybridized carbons (Fsp3) is 0.800. The third-order valence-electron chi connectivity index (χ3n) is 4.39. The molecule has 2 atom stereocenters. The van der Waals surface area contributed by atoms with Crippen molar-refractivity contribution in [2.45, 2.75) is 78.3 Å². The number of hydrogen-bond acceptors (Lipinski definition) is 6. The van der Waals surface area contributed by atoms with Crippen LogP contribution in [0.25, 0.3) is 0 Å². The molecular formula is C20H38O6Si. The second-order valence-electron chi connectivity index (χ2n) is 9.19. The number of hydrogen-bond donors (Lipinski definition) is 0. The summed E-state index contributed by atoms with van der Waals surface area (Å²) < 4.78 is 22.8. The monoisotopic (exact) mass is 402 g/mol. The van der Waals surface area contributed by atoms with Crippen LogP contribution in [-0.2, 0) is 28.2 Å². The second kappa shape index (κ2) is 10.4. The summed E-state index contributed by atoms with van der Waals surface area (Å²) in [5.74, 6) is -1.56. The van der Waals surface area contributed by atoms with E-state index in [1.807, 2.05) is 20.8 Å². The van der Waals surface area contributed by atoms with E-state index < -0.39 is 37.9 Å². The Labute approximate surface area is 165 Å². The van der Waals surface area contributed by atoms with Crippen molar-refractivity contribution < 1.29 is 28.2 Å². The zero-order chi connectivity index (χ0) is 21.5. The fourth-order valence-electron chi connectivity index (χ4n) is 1.97. The van der Waals surface area contributed by atoms with Gasteiger partial charge in [-0.15, -0.1) is 6.58 Å². The molecule has 0 aliphatic rings. The molecule has 6 nitrogen and oxygen atoms in total. The molecule has 27 heavy (non-hydrogen) atoms. The highest BCUT2D eigenvalue weighted by Gasteiger charge is 2.43. The van der Waals surface area contributed by atoms with Gasteiger partial charge in [-0.2, -0.15) is 0 Å². The molecule has 0 aromatic heterocycles. The van der Waals surface area contributed by atoms with Crippen LogP contribution in [0.3, 0.4) is 0 Å². The van der Waals surface area contributed by atoms with Gasteiger partial charge in [-0.1, -0.05) is 26.8 Å². The lowest BCUT2D eigenvalue weighted by Crippen LogP contribution is -2.50. The lowest BCUT2D eigenvalue weighted by molar-refractivity contribution is -0.169. The van der Waals surface area contributed by atoms with Gasteiger partial charge in [0.2, 0.25) is 0 Å². The van der Waals surface area contributed by atoms with Crippen LogP contribution >= 0.6 is 0 Å². The molecule has 0 amide bonds. The molecule has 0 aliphatic heterocycles. The Morgan fingerprint density at radius 3 is 2.04 bits per heavy atom. The van der Waals surface area contributed by atoms with Crippen molar-refractivity contribution in [2.75, 3.05) is 19.8 Å². The van der Waals surface area contributed by atoms with Gasteiger partial charge in [-0.05, 0) is 38.9 Å². The summed E-state index contributed by atoms with van der Waals surface area (Å²) in [6.07, 6.45) is 0.969. The molecule has 158 valence electrons. The standard InChI is InChI=1S/C20H38O6Si/c1-11-12-23-13-16(18(22)25-19(3,4)5)17(14-24-15(2)21)26-27(9,10)20(6,7)8/h11,16-17H,1,12-14H2,2-10H3/t16-,17+/m0/s1. The second-order valence-corrected chi connectivity index (χ2v) is 13.9. The molecule has 0 aliphatic carbocycles. The van der Waals surface area contributed by atoms with E-state index in [9.17, 15) is 9.59 Å². The molecule has 0 bridgehead atoms. The van der Waals surface area contributed by atoms with Crippen LogP contribution < -0.4 is 0 Å². The van der Waals surface area contributed by atoms with Crippen molar-refractivity contribution in [3.05, 3.63) is 12.7 Å². The smallest absolute Gasteiger partial charge is 0.314 e. The average Bonchev–Trinajstić information content (AvgIpc) is 2.45. The highest BCUT2D eigenvalue weighted by atomic mass is 28.4. The zero-order valence-corrected chi connectivity index (χ0v) is 19.5. The van der Waals surface area contributed by atoms with E-state index >= 15 is 0 Å². The van der Waals surface area contributed by atoms with Crippen molar-refractivity contribution in [3.8, 4) is 0 Å². The van der Waals surface area contributed by atoms with Crippen LogP contribution in [0.2, 0.25) is 18.1 Å². The Morgan fingerprint density at radius 1 is 1.07 bits per heavy atom. The highest BCUT2D eigenvalue weighted by molar-refractivity contribution is 6.74. The van der Waals surface area contributed by atoms with Gasteiger partial charge in [0, 0.05) is 6.92 Å². The minimum absolute atomic E-state index is 0.0246. The van der Waals surface area contributed by atoms with Crippen LogP contribution in [0.5, 0.6) is 0 Å². The maximum absolute atomic E-state index is 12.8. The first-order valence-electron chi connectivity index (χ1n) is 9.33. The third kappa shape index (κ3) is 10.1. The molecule has 7 heteroatoms. The predicted molar refractivity (Wildman–Crippen MR) is 109 cm³/mol. The summed E-state index contributed by atoms with van der Waals surface area (Å²) in [5.41, 5.74) is -0.642. The van der Waals surface area contributed by atoms with E-state index in [0.29, 0.717) is 6.61 Å². The van der Waals surface area contributed by atoms with Gasteiger partial charge in [0.05, 0.1) is 19.3 Å². The topological polar surface area (TPSA) is 71.1 Å². The lowest BCUT2D eigenvalue weighted by Gasteiger charge is -2.41. The van der Waals surface area contributed by atoms with Gasteiger partial charge in [-0.3, -0.25) is 9.59 Å². The lowest BCUT2D eigenvalue weighted by atomic mass is 10.0. The molecule has 0 rings (SSSR count). The predicted octanol–water partition coefficient (Wildman–Crippen LogP) is 4.10. The van der Waals surface area contributed by atoms with Gasteiger partial charge in [0.15, 0.2) is 8.32 Å². The Morgan fingerprint density at radius 2 is 1.63 bits per heavy atom. The molecule has 0 N–H and O–H groups in total. The third-order valence-corrected chi connectivity index (χ3v) is 8.90. The molecule has 0 saturated carbocycles. The summed E-state index contributed by atoms with van der Waals surface area (Å²) in [6.45, 7) is 21.3. The largest absolute Gasteiger partial charge is 0.463 e. The fourth-order valence-corrected chi connectivity index (χ4v) is 3.31. The van der Waals surface area contributed by atoms with E-state index in [-0.39, 0.29) is 18.3 Å². The Bertz CT molecular complexity index is 502. The van der Waals surface area contributed by atoms with E-state index in [0.717, 1.165) is 0 Å². The number of carbonyl (C=O) groups excluding carboxylic acids is 2. The SMILES string of the molecule is C=CCOC[C@H](C(=O)OC(C)(C)C)[C@@H](COC(C)=O)O[Si](C)(C)C(C)(C)C. The van der Waals surface area contributed by atoms with Crippen molar-refractivity contribution in [1.82, 2.24) is 0 Å². The maximum atomic E-state index is 12.8. The minimum Gasteiger partial charge on any atom is -0.463 e. The summed E-state index contributed by atoms with van der Waals surface area (Å²) >= 11 is 0. The van der Waals surface area contributed by atoms with Crippen LogP contribution in [0.15, 0.2) is 12.7 Å². The molecule has 0 heterocycles. The number of rotatable bonds is 10. The summed E-state index contributed by atoms with van der Waals surface area (Å²) in [4.78, 5) is 24.2. The average molecular weight is 403 g/mol. The molecule has 0 aromatic rings. The van der Waals surface area contributed by atoms with E-state index in [1.165, 1.54) is 6.92 Å². The Hall–Kier alpha value is -1.18. The summed E-state index contributed by atoms with van der Waals surface area (Å²) in [7, 11) is -2.23. The van der Waals surface area contributed by atoms with E-state index in [1.54, 1.807) is 6.08 Å². The van der Waals surface area contributed by atoms with Gasteiger partial charge in [0.1, 0.15) is 18.1 Å². The number of esters is 2. The van der Waals surface area contributed by atoms with Crippen LogP contribution in [-0.4, -0.2) is 51.8 Å². The Balaban J connectivity index is 5.67. The van der Waals surface area contributed by atoms with Gasteiger partial charge >= 0.3 is 11.9 Å². The molecule has 0 spiro atoms. The minimum atomic E-state index is -2.23. The van der Waals surface area contributed by atoms with Gasteiger partial charge < -0.3 is 18.6 Å².